The molecule has 4 aromatic rings. The number of nitrogens with zero attached hydrogens (tertiary/aromatic N) is 1. The van der Waals surface area contributed by atoms with Gasteiger partial charge < -0.3 is 14.5 Å². The number of nitrogens with one attached hydrogen (secondary N) is 1. The Balaban J connectivity index is 1.38. The quantitative estimate of drug-likeness (QED) is 0.259. The number of halogens is 1. The topological polar surface area (TPSA) is 63.8 Å². The third-order valence-corrected chi connectivity index (χ3v) is 7.34. The van der Waals surface area contributed by atoms with Gasteiger partial charge in [-0.3, -0.25) is 4.79 Å². The monoisotopic (exact) mass is 504 g/mol. The molecule has 2 aromatic carbocycles. The largest absolute Gasteiger partial charge is 0.488 e. The summed E-state index contributed by atoms with van der Waals surface area (Å²) in [4.78, 5) is 19.2. The van der Waals surface area contributed by atoms with E-state index in [0.717, 1.165) is 58.9 Å². The van der Waals surface area contributed by atoms with Gasteiger partial charge in [-0.25, -0.2) is 4.99 Å². The predicted octanol–water partition coefficient (Wildman–Crippen LogP) is 7.13. The van der Waals surface area contributed by atoms with Crippen LogP contribution in [0.25, 0.3) is 0 Å². The van der Waals surface area contributed by atoms with E-state index in [0.29, 0.717) is 23.7 Å². The standard InChI is InChI=1S/C28H25ClN2O3S/c29-21-9-5-7-19(15-21)18-34-24-12-3-1-8-20(24)16-31-28-26(23-11-2-4-13-25(23)35-28)27(32)30-17-22-10-6-14-33-22/h1,3,5-10,12,14-16H,2,4,11,13,17-18H2,(H,30,32). The number of carbonyl (C=O) groups excluding carboxylic acids is 1. The third-order valence-electron chi connectivity index (χ3n) is 5.91. The highest BCUT2D eigenvalue weighted by molar-refractivity contribution is 7.16. The average Bonchev–Trinajstić information content (AvgIpc) is 3.53. The summed E-state index contributed by atoms with van der Waals surface area (Å²) in [6.45, 7) is 0.749. The highest BCUT2D eigenvalue weighted by atomic mass is 35.5. The number of ether oxygens (including phenoxy) is 1. The predicted molar refractivity (Wildman–Crippen MR) is 140 cm³/mol. The summed E-state index contributed by atoms with van der Waals surface area (Å²) in [6, 6.07) is 19.0. The lowest BCUT2D eigenvalue weighted by atomic mass is 9.95. The molecule has 1 aliphatic rings. The molecule has 0 saturated heterocycles. The van der Waals surface area contributed by atoms with Crippen molar-refractivity contribution in [2.45, 2.75) is 38.8 Å². The molecule has 0 spiro atoms. The number of para-hydroxylation sites is 1. The molecule has 0 unspecified atom stereocenters. The first-order valence-electron chi connectivity index (χ1n) is 11.6. The Labute approximate surface area is 213 Å². The summed E-state index contributed by atoms with van der Waals surface area (Å²) in [5, 5.41) is 4.41. The van der Waals surface area contributed by atoms with Crippen LogP contribution in [0, 0.1) is 0 Å². The zero-order chi connectivity index (χ0) is 24.0. The van der Waals surface area contributed by atoms with Gasteiger partial charge in [0.15, 0.2) is 0 Å². The minimum absolute atomic E-state index is 0.113. The maximum Gasteiger partial charge on any atom is 0.255 e. The molecule has 0 aliphatic heterocycles. The van der Waals surface area contributed by atoms with Crippen LogP contribution in [0.5, 0.6) is 5.75 Å². The van der Waals surface area contributed by atoms with Gasteiger partial charge in [0, 0.05) is 21.7 Å². The number of carbonyl (C=O) groups is 1. The van der Waals surface area contributed by atoms with E-state index in [4.69, 9.17) is 25.7 Å². The molecule has 5 rings (SSSR count). The van der Waals surface area contributed by atoms with E-state index in [9.17, 15) is 4.79 Å². The Bertz CT molecular complexity index is 1340. The van der Waals surface area contributed by atoms with Gasteiger partial charge in [0.05, 0.1) is 18.4 Å². The normalized spacial score (nSPS) is 13.1. The third kappa shape index (κ3) is 5.66. The SMILES string of the molecule is O=C(NCc1ccco1)c1c(N=Cc2ccccc2OCc2cccc(Cl)c2)sc2c1CCCC2. The second kappa shape index (κ2) is 10.9. The fourth-order valence-electron chi connectivity index (χ4n) is 4.18. The number of furan rings is 1. The number of thiophene rings is 1. The van der Waals surface area contributed by atoms with Gasteiger partial charge in [0.1, 0.15) is 23.1 Å². The minimum Gasteiger partial charge on any atom is -0.488 e. The van der Waals surface area contributed by atoms with Crippen molar-refractivity contribution in [3.8, 4) is 5.75 Å². The first-order valence-corrected chi connectivity index (χ1v) is 12.8. The van der Waals surface area contributed by atoms with Crippen molar-refractivity contribution in [3.63, 3.8) is 0 Å². The number of amides is 1. The number of benzene rings is 2. The summed E-state index contributed by atoms with van der Waals surface area (Å²) >= 11 is 7.71. The lowest BCUT2D eigenvalue weighted by molar-refractivity contribution is 0.0948. The van der Waals surface area contributed by atoms with Gasteiger partial charge in [0.2, 0.25) is 0 Å². The maximum absolute atomic E-state index is 13.2. The van der Waals surface area contributed by atoms with Crippen molar-refractivity contribution >= 4 is 40.1 Å². The highest BCUT2D eigenvalue weighted by Crippen LogP contribution is 2.40. The smallest absolute Gasteiger partial charge is 0.255 e. The second-order valence-corrected chi connectivity index (χ2v) is 9.89. The number of hydrogen-bond donors (Lipinski definition) is 1. The Kier molecular flexibility index (Phi) is 7.31. The van der Waals surface area contributed by atoms with Crippen LogP contribution >= 0.6 is 22.9 Å². The first-order chi connectivity index (χ1) is 17.2. The fourth-order valence-corrected chi connectivity index (χ4v) is 5.62. The maximum atomic E-state index is 13.2. The molecule has 178 valence electrons. The zero-order valence-corrected chi connectivity index (χ0v) is 20.7. The molecule has 0 radical (unpaired) electrons. The van der Waals surface area contributed by atoms with Gasteiger partial charge in [-0.05, 0) is 73.2 Å². The number of hydrogen-bond acceptors (Lipinski definition) is 5. The summed E-state index contributed by atoms with van der Waals surface area (Å²) in [7, 11) is 0. The fraction of sp³-hybridized carbons (Fsp3) is 0.214. The van der Waals surface area contributed by atoms with E-state index in [1.807, 2.05) is 60.7 Å². The van der Waals surface area contributed by atoms with Crippen molar-refractivity contribution in [1.29, 1.82) is 0 Å². The highest BCUT2D eigenvalue weighted by Gasteiger charge is 2.25. The summed E-state index contributed by atoms with van der Waals surface area (Å²) in [5.74, 6) is 1.33. The molecule has 0 bridgehead atoms. The molecule has 2 aromatic heterocycles. The number of rotatable bonds is 8. The molecule has 2 heterocycles. The van der Waals surface area contributed by atoms with Gasteiger partial charge in [0.25, 0.3) is 5.91 Å². The Morgan fingerprint density at radius 3 is 2.86 bits per heavy atom. The lowest BCUT2D eigenvalue weighted by Crippen LogP contribution is -2.23. The second-order valence-electron chi connectivity index (χ2n) is 8.37. The molecule has 0 fully saturated rings. The average molecular weight is 505 g/mol. The van der Waals surface area contributed by atoms with Gasteiger partial charge >= 0.3 is 0 Å². The van der Waals surface area contributed by atoms with Crippen LogP contribution in [0.3, 0.4) is 0 Å². The van der Waals surface area contributed by atoms with Crippen molar-refractivity contribution < 1.29 is 13.9 Å². The Morgan fingerprint density at radius 2 is 2.00 bits per heavy atom. The van der Waals surface area contributed by atoms with Crippen LogP contribution in [-0.2, 0) is 26.0 Å². The van der Waals surface area contributed by atoms with Crippen LogP contribution in [0.15, 0.2) is 76.3 Å². The molecule has 1 aliphatic carbocycles. The molecule has 1 amide bonds. The zero-order valence-electron chi connectivity index (χ0n) is 19.1. The number of fused-ring (bicyclic) bond motifs is 1. The van der Waals surface area contributed by atoms with E-state index in [1.54, 1.807) is 23.8 Å². The van der Waals surface area contributed by atoms with Crippen LogP contribution < -0.4 is 10.1 Å². The summed E-state index contributed by atoms with van der Waals surface area (Å²) < 4.78 is 11.4. The molecule has 0 saturated carbocycles. The van der Waals surface area contributed by atoms with E-state index in [2.05, 4.69) is 5.32 Å². The van der Waals surface area contributed by atoms with Crippen molar-refractivity contribution in [2.75, 3.05) is 0 Å². The van der Waals surface area contributed by atoms with Crippen LogP contribution in [0.2, 0.25) is 5.02 Å². The summed E-state index contributed by atoms with van der Waals surface area (Å²) in [5.41, 5.74) is 3.66. The number of aryl methyl sites for hydroxylation is 1. The van der Waals surface area contributed by atoms with Gasteiger partial charge in [-0.15, -0.1) is 11.3 Å². The minimum atomic E-state index is -0.113. The summed E-state index contributed by atoms with van der Waals surface area (Å²) in [6.07, 6.45) is 7.52. The van der Waals surface area contributed by atoms with Crippen molar-refractivity contribution in [3.05, 3.63) is 105 Å². The van der Waals surface area contributed by atoms with E-state index in [-0.39, 0.29) is 5.91 Å². The van der Waals surface area contributed by atoms with Gasteiger partial charge in [-0.1, -0.05) is 35.9 Å². The lowest BCUT2D eigenvalue weighted by Gasteiger charge is -2.12. The number of aliphatic imine (C=N–C) groups is 1. The van der Waals surface area contributed by atoms with E-state index in [1.165, 1.54) is 4.88 Å². The van der Waals surface area contributed by atoms with Crippen LogP contribution in [-0.4, -0.2) is 12.1 Å². The molecule has 5 nitrogen and oxygen atoms in total. The van der Waals surface area contributed by atoms with Gasteiger partial charge in [-0.2, -0.15) is 0 Å². The molecule has 0 atom stereocenters. The Morgan fingerprint density at radius 1 is 1.11 bits per heavy atom. The van der Waals surface area contributed by atoms with E-state index < -0.39 is 0 Å². The van der Waals surface area contributed by atoms with Crippen molar-refractivity contribution in [1.82, 2.24) is 5.32 Å². The van der Waals surface area contributed by atoms with Crippen LogP contribution in [0.4, 0.5) is 5.00 Å². The molecule has 1 N–H and O–H groups in total. The Hall–Kier alpha value is -3.35. The van der Waals surface area contributed by atoms with E-state index >= 15 is 0 Å². The molecule has 7 heteroatoms. The molecular formula is C28H25ClN2O3S. The molecular weight excluding hydrogens is 480 g/mol. The first kappa shape index (κ1) is 23.4. The van der Waals surface area contributed by atoms with Crippen LogP contribution in [0.1, 0.15) is 50.5 Å². The molecule has 35 heavy (non-hydrogen) atoms. The van der Waals surface area contributed by atoms with Crippen molar-refractivity contribution in [2.24, 2.45) is 4.99 Å².